The molecule has 0 fully saturated rings. The van der Waals surface area contributed by atoms with E-state index in [1.165, 1.54) is 0 Å². The minimum Gasteiger partial charge on any atom is -0.323 e. The number of para-hydroxylation sites is 1. The van der Waals surface area contributed by atoms with Gasteiger partial charge in [0.1, 0.15) is 0 Å². The number of aryl methyl sites for hydroxylation is 4. The molecule has 0 saturated heterocycles. The summed E-state index contributed by atoms with van der Waals surface area (Å²) in [5, 5.41) is 3.10. The zero-order valence-corrected chi connectivity index (χ0v) is 17.8. The summed E-state index contributed by atoms with van der Waals surface area (Å²) in [5.74, 6) is -0.324. The highest BCUT2D eigenvalue weighted by Gasteiger charge is 2.44. The molecule has 3 aromatic rings. The van der Waals surface area contributed by atoms with Gasteiger partial charge in [0.2, 0.25) is 18.3 Å². The largest absolute Gasteiger partial charge is 0.323 e. The number of hydrogen-bond donors (Lipinski definition) is 1. The highest BCUT2D eigenvalue weighted by Crippen LogP contribution is 2.33. The van der Waals surface area contributed by atoms with E-state index in [-0.39, 0.29) is 18.4 Å². The summed E-state index contributed by atoms with van der Waals surface area (Å²) in [7, 11) is 0. The van der Waals surface area contributed by atoms with Crippen LogP contribution in [0.1, 0.15) is 34.0 Å². The lowest BCUT2D eigenvalue weighted by Crippen LogP contribution is -2.58. The monoisotopic (exact) mass is 400 g/mol. The SMILES string of the molecule is Cc1ccc(C)c(N2C(=O)C[n+]3ccccc3[C@H]2C(=O)Nc2c(C)cccc2C)c1. The molecule has 1 aliphatic rings. The van der Waals surface area contributed by atoms with E-state index in [2.05, 4.69) is 5.32 Å². The minimum absolute atomic E-state index is 0.103. The molecular formula is C25H26N3O2+. The van der Waals surface area contributed by atoms with Crippen LogP contribution in [0.5, 0.6) is 0 Å². The van der Waals surface area contributed by atoms with Gasteiger partial charge < -0.3 is 5.32 Å². The zero-order valence-electron chi connectivity index (χ0n) is 17.8. The topological polar surface area (TPSA) is 53.3 Å². The summed E-state index contributed by atoms with van der Waals surface area (Å²) in [6, 6.07) is 16.8. The highest BCUT2D eigenvalue weighted by molar-refractivity contribution is 6.06. The molecule has 1 aliphatic heterocycles. The van der Waals surface area contributed by atoms with Crippen molar-refractivity contribution >= 4 is 23.2 Å². The molecule has 1 atom stereocenters. The molecule has 5 heteroatoms. The van der Waals surface area contributed by atoms with E-state index in [9.17, 15) is 9.59 Å². The van der Waals surface area contributed by atoms with Crippen molar-refractivity contribution in [3.05, 3.63) is 88.7 Å². The summed E-state index contributed by atoms with van der Waals surface area (Å²) >= 11 is 0. The Hall–Kier alpha value is -3.47. The molecule has 0 radical (unpaired) electrons. The molecule has 0 unspecified atom stereocenters. The normalized spacial score (nSPS) is 15.7. The minimum atomic E-state index is -0.757. The van der Waals surface area contributed by atoms with Gasteiger partial charge in [-0.15, -0.1) is 0 Å². The molecule has 1 N–H and O–H groups in total. The van der Waals surface area contributed by atoms with Crippen LogP contribution in [0.25, 0.3) is 0 Å². The predicted octanol–water partition coefficient (Wildman–Crippen LogP) is 3.93. The van der Waals surface area contributed by atoms with Crippen LogP contribution in [-0.2, 0) is 16.1 Å². The van der Waals surface area contributed by atoms with Crippen LogP contribution in [0.15, 0.2) is 60.8 Å². The quantitative estimate of drug-likeness (QED) is 0.677. The second-order valence-electron chi connectivity index (χ2n) is 7.97. The van der Waals surface area contributed by atoms with E-state index in [1.807, 2.05) is 93.1 Å². The lowest BCUT2D eigenvalue weighted by Gasteiger charge is -2.33. The van der Waals surface area contributed by atoms with Gasteiger partial charge in [-0.3, -0.25) is 14.5 Å². The molecule has 4 rings (SSSR count). The molecular weight excluding hydrogens is 374 g/mol. The Morgan fingerprint density at radius 3 is 2.43 bits per heavy atom. The Labute approximate surface area is 177 Å². The molecule has 2 heterocycles. The van der Waals surface area contributed by atoms with E-state index < -0.39 is 6.04 Å². The van der Waals surface area contributed by atoms with Crippen LogP contribution in [-0.4, -0.2) is 11.8 Å². The van der Waals surface area contributed by atoms with E-state index in [4.69, 9.17) is 0 Å². The van der Waals surface area contributed by atoms with Gasteiger partial charge in [0, 0.05) is 23.5 Å². The first-order valence-corrected chi connectivity index (χ1v) is 10.1. The van der Waals surface area contributed by atoms with Gasteiger partial charge in [-0.05, 0) is 56.0 Å². The van der Waals surface area contributed by atoms with Gasteiger partial charge >= 0.3 is 0 Å². The molecule has 30 heavy (non-hydrogen) atoms. The van der Waals surface area contributed by atoms with Gasteiger partial charge in [-0.25, -0.2) is 0 Å². The van der Waals surface area contributed by atoms with E-state index in [0.717, 1.165) is 39.3 Å². The molecule has 0 saturated carbocycles. The number of carbonyl (C=O) groups is 2. The summed E-state index contributed by atoms with van der Waals surface area (Å²) in [5.41, 5.74) is 6.35. The molecule has 2 aromatic carbocycles. The Kier molecular flexibility index (Phi) is 5.12. The number of rotatable bonds is 3. The third kappa shape index (κ3) is 3.47. The Bertz CT molecular complexity index is 1130. The fraction of sp³-hybridized carbons (Fsp3) is 0.240. The Balaban J connectivity index is 1.84. The molecule has 0 spiro atoms. The Morgan fingerprint density at radius 1 is 0.967 bits per heavy atom. The summed E-state index contributed by atoms with van der Waals surface area (Å²) in [4.78, 5) is 28.5. The van der Waals surface area contributed by atoms with Crippen molar-refractivity contribution in [3.8, 4) is 0 Å². The fourth-order valence-corrected chi connectivity index (χ4v) is 4.09. The van der Waals surface area contributed by atoms with Gasteiger partial charge in [0.25, 0.3) is 11.8 Å². The van der Waals surface area contributed by atoms with Crippen LogP contribution in [0, 0.1) is 27.7 Å². The smallest absolute Gasteiger partial charge is 0.294 e. The van der Waals surface area contributed by atoms with Crippen LogP contribution in [0.3, 0.4) is 0 Å². The number of hydrogen-bond acceptors (Lipinski definition) is 2. The van der Waals surface area contributed by atoms with E-state index >= 15 is 0 Å². The number of carbonyl (C=O) groups excluding carboxylic acids is 2. The first-order chi connectivity index (χ1) is 14.4. The van der Waals surface area contributed by atoms with Crippen molar-refractivity contribution in [3.63, 3.8) is 0 Å². The number of anilines is 2. The number of fused-ring (bicyclic) bond motifs is 1. The molecule has 0 aliphatic carbocycles. The van der Waals surface area contributed by atoms with Crippen molar-refractivity contribution in [1.82, 2.24) is 0 Å². The average molecular weight is 401 g/mol. The van der Waals surface area contributed by atoms with Gasteiger partial charge in [-0.1, -0.05) is 36.4 Å². The second-order valence-corrected chi connectivity index (χ2v) is 7.97. The number of pyridine rings is 1. The molecule has 0 bridgehead atoms. The molecule has 2 amide bonds. The van der Waals surface area contributed by atoms with Crippen LogP contribution in [0.2, 0.25) is 0 Å². The van der Waals surface area contributed by atoms with Crippen molar-refractivity contribution in [2.45, 2.75) is 40.3 Å². The number of amides is 2. The highest BCUT2D eigenvalue weighted by atomic mass is 16.2. The Morgan fingerprint density at radius 2 is 1.70 bits per heavy atom. The van der Waals surface area contributed by atoms with Gasteiger partial charge in [0.15, 0.2) is 6.20 Å². The number of nitrogens with one attached hydrogen (secondary N) is 1. The maximum Gasteiger partial charge on any atom is 0.294 e. The fourth-order valence-electron chi connectivity index (χ4n) is 4.09. The van der Waals surface area contributed by atoms with Crippen LogP contribution >= 0.6 is 0 Å². The third-order valence-corrected chi connectivity index (χ3v) is 5.69. The lowest BCUT2D eigenvalue weighted by molar-refractivity contribution is -0.695. The summed E-state index contributed by atoms with van der Waals surface area (Å²) < 4.78 is 1.86. The standard InChI is InChI=1S/C25H25N3O2/c1-16-11-12-17(2)21(14-16)28-22(29)15-27-13-6-5-10-20(27)24(28)25(30)26-23-18(3)8-7-9-19(23)4/h5-14,24H,15H2,1-4H3/p+1/t24-/m0/s1. The zero-order chi connectivity index (χ0) is 21.4. The average Bonchev–Trinajstić information content (AvgIpc) is 2.71. The van der Waals surface area contributed by atoms with Crippen molar-refractivity contribution in [2.75, 3.05) is 10.2 Å². The molecule has 1 aromatic heterocycles. The first kappa shape index (κ1) is 19.8. The molecule has 152 valence electrons. The summed E-state index contributed by atoms with van der Waals surface area (Å²) in [6.07, 6.45) is 1.85. The van der Waals surface area contributed by atoms with Gasteiger partial charge in [-0.2, -0.15) is 4.57 Å². The maximum atomic E-state index is 13.6. The lowest BCUT2D eigenvalue weighted by atomic mass is 10.0. The van der Waals surface area contributed by atoms with E-state index in [1.54, 1.807) is 4.90 Å². The van der Waals surface area contributed by atoms with Crippen molar-refractivity contribution in [2.24, 2.45) is 0 Å². The third-order valence-electron chi connectivity index (χ3n) is 5.69. The summed E-state index contributed by atoms with van der Waals surface area (Å²) in [6.45, 7) is 8.11. The van der Waals surface area contributed by atoms with Crippen molar-refractivity contribution < 1.29 is 14.2 Å². The van der Waals surface area contributed by atoms with Crippen LogP contribution in [0.4, 0.5) is 11.4 Å². The second kappa shape index (κ2) is 7.75. The first-order valence-electron chi connectivity index (χ1n) is 10.1. The van der Waals surface area contributed by atoms with Crippen LogP contribution < -0.4 is 14.8 Å². The van der Waals surface area contributed by atoms with E-state index in [0.29, 0.717) is 0 Å². The maximum absolute atomic E-state index is 13.6. The number of nitrogens with zero attached hydrogens (tertiary/aromatic N) is 2. The number of aromatic nitrogens is 1. The van der Waals surface area contributed by atoms with Gasteiger partial charge in [0.05, 0.1) is 0 Å². The molecule has 5 nitrogen and oxygen atoms in total. The predicted molar refractivity (Wildman–Crippen MR) is 117 cm³/mol. The number of benzene rings is 2. The van der Waals surface area contributed by atoms with Crippen molar-refractivity contribution in [1.29, 1.82) is 0 Å².